The molecule has 0 aliphatic carbocycles. The Labute approximate surface area is 116 Å². The molecule has 0 aromatic heterocycles. The fraction of sp³-hybridized carbons (Fsp3) is 0.909. The van der Waals surface area contributed by atoms with E-state index in [9.17, 15) is 13.2 Å². The lowest BCUT2D eigenvalue weighted by Crippen LogP contribution is -2.41. The predicted octanol–water partition coefficient (Wildman–Crippen LogP) is 0.299. The molecule has 0 spiro atoms. The number of halogens is 1. The summed E-state index contributed by atoms with van der Waals surface area (Å²) < 4.78 is 23.4. The highest BCUT2D eigenvalue weighted by Crippen LogP contribution is 2.08. The molecule has 5 nitrogen and oxygen atoms in total. The Bertz CT molecular complexity index is 364. The Balaban J connectivity index is 0.00000289. The molecule has 0 aromatic rings. The van der Waals surface area contributed by atoms with Gasteiger partial charge < -0.3 is 10.2 Å². The van der Waals surface area contributed by atoms with Crippen molar-refractivity contribution in [2.75, 3.05) is 31.6 Å². The normalized spacial score (nSPS) is 19.7. The number of carbonyl (C=O) groups is 1. The first-order valence-corrected chi connectivity index (χ1v) is 7.81. The summed E-state index contributed by atoms with van der Waals surface area (Å²) in [7, 11) is -1.58. The molecule has 1 N–H and O–H groups in total. The van der Waals surface area contributed by atoms with Crippen molar-refractivity contribution >= 4 is 28.2 Å². The van der Waals surface area contributed by atoms with Gasteiger partial charge in [-0.15, -0.1) is 12.4 Å². The average molecular weight is 299 g/mol. The molecule has 0 saturated carbocycles. The lowest BCUT2D eigenvalue weighted by atomic mass is 10.2. The van der Waals surface area contributed by atoms with E-state index < -0.39 is 9.84 Å². The van der Waals surface area contributed by atoms with Crippen LogP contribution >= 0.6 is 12.4 Å². The van der Waals surface area contributed by atoms with Crippen LogP contribution in [0.2, 0.25) is 0 Å². The summed E-state index contributed by atoms with van der Waals surface area (Å²) in [6.45, 7) is 5.33. The van der Waals surface area contributed by atoms with Crippen molar-refractivity contribution in [1.82, 2.24) is 10.2 Å². The molecular formula is C11H23ClN2O3S. The van der Waals surface area contributed by atoms with Gasteiger partial charge in [-0.1, -0.05) is 13.8 Å². The van der Waals surface area contributed by atoms with Gasteiger partial charge in [0, 0.05) is 19.6 Å². The van der Waals surface area contributed by atoms with Crippen LogP contribution in [0.3, 0.4) is 0 Å². The van der Waals surface area contributed by atoms with Crippen LogP contribution in [-0.2, 0) is 14.6 Å². The summed E-state index contributed by atoms with van der Waals surface area (Å²) in [6.07, 6.45) is 0.895. The Morgan fingerprint density at radius 1 is 1.44 bits per heavy atom. The van der Waals surface area contributed by atoms with Gasteiger partial charge >= 0.3 is 0 Å². The molecule has 1 unspecified atom stereocenters. The molecule has 1 fully saturated rings. The number of sulfone groups is 1. The Hall–Kier alpha value is -0.330. The smallest absolute Gasteiger partial charge is 0.237 e. The van der Waals surface area contributed by atoms with Crippen LogP contribution in [0.25, 0.3) is 0 Å². The lowest BCUT2D eigenvalue weighted by Gasteiger charge is -2.23. The Kier molecular flexibility index (Phi) is 7.17. The fourth-order valence-corrected chi connectivity index (χ4v) is 3.74. The lowest BCUT2D eigenvalue weighted by molar-refractivity contribution is -0.128. The number of amides is 1. The third kappa shape index (κ3) is 5.54. The zero-order valence-electron chi connectivity index (χ0n) is 11.2. The van der Waals surface area contributed by atoms with E-state index in [4.69, 9.17) is 0 Å². The van der Waals surface area contributed by atoms with Crippen LogP contribution in [0.5, 0.6) is 0 Å². The maximum Gasteiger partial charge on any atom is 0.237 e. The largest absolute Gasteiger partial charge is 0.341 e. The zero-order chi connectivity index (χ0) is 13.1. The summed E-state index contributed by atoms with van der Waals surface area (Å²) >= 11 is 0. The van der Waals surface area contributed by atoms with E-state index in [0.717, 1.165) is 19.5 Å². The number of hydrogen-bond donors (Lipinski definition) is 1. The maximum atomic E-state index is 11.8. The summed E-state index contributed by atoms with van der Waals surface area (Å²) in [5, 5.41) is 3.16. The molecule has 0 radical (unpaired) electrons. The highest BCUT2D eigenvalue weighted by atomic mass is 35.5. The van der Waals surface area contributed by atoms with Gasteiger partial charge in [0.25, 0.3) is 0 Å². The number of carbonyl (C=O) groups excluding carboxylic acids is 1. The minimum Gasteiger partial charge on any atom is -0.341 e. The van der Waals surface area contributed by atoms with Crippen molar-refractivity contribution in [3.05, 3.63) is 0 Å². The summed E-state index contributed by atoms with van der Waals surface area (Å²) in [5.41, 5.74) is 0. The molecule has 1 aliphatic heterocycles. The van der Waals surface area contributed by atoms with Gasteiger partial charge in [-0.25, -0.2) is 8.42 Å². The van der Waals surface area contributed by atoms with Crippen LogP contribution in [0.15, 0.2) is 0 Å². The van der Waals surface area contributed by atoms with E-state index >= 15 is 0 Å². The van der Waals surface area contributed by atoms with Crippen LogP contribution < -0.4 is 5.32 Å². The number of likely N-dealkylation sites (N-methyl/N-ethyl adjacent to an activating group) is 1. The molecular weight excluding hydrogens is 276 g/mol. The monoisotopic (exact) mass is 298 g/mol. The molecule has 108 valence electrons. The summed E-state index contributed by atoms with van der Waals surface area (Å²) in [4.78, 5) is 13.4. The summed E-state index contributed by atoms with van der Waals surface area (Å²) in [5.74, 6) is -0.515. The molecule has 1 aliphatic rings. The zero-order valence-corrected chi connectivity index (χ0v) is 12.8. The van der Waals surface area contributed by atoms with E-state index in [1.54, 1.807) is 11.9 Å². The van der Waals surface area contributed by atoms with E-state index in [1.807, 2.05) is 13.8 Å². The second-order valence-electron chi connectivity index (χ2n) is 5.10. The van der Waals surface area contributed by atoms with Crippen LogP contribution in [0.1, 0.15) is 20.3 Å². The summed E-state index contributed by atoms with van der Waals surface area (Å²) in [6, 6.07) is 0.136. The van der Waals surface area contributed by atoms with Crippen LogP contribution in [0.4, 0.5) is 0 Å². The van der Waals surface area contributed by atoms with E-state index in [0.29, 0.717) is 0 Å². The van der Waals surface area contributed by atoms with E-state index in [1.165, 1.54) is 0 Å². The van der Waals surface area contributed by atoms with Gasteiger partial charge in [0.05, 0.1) is 5.75 Å². The van der Waals surface area contributed by atoms with Crippen LogP contribution in [-0.4, -0.2) is 56.9 Å². The van der Waals surface area contributed by atoms with Gasteiger partial charge in [0.1, 0.15) is 5.75 Å². The minimum atomic E-state index is -3.27. The van der Waals surface area contributed by atoms with Crippen molar-refractivity contribution in [3.63, 3.8) is 0 Å². The van der Waals surface area contributed by atoms with Crippen molar-refractivity contribution in [1.29, 1.82) is 0 Å². The third-order valence-corrected chi connectivity index (χ3v) is 4.77. The molecule has 1 atom stereocenters. The van der Waals surface area contributed by atoms with Gasteiger partial charge in [0.2, 0.25) is 5.91 Å². The highest BCUT2D eigenvalue weighted by Gasteiger charge is 2.26. The van der Waals surface area contributed by atoms with Gasteiger partial charge in [-0.3, -0.25) is 4.79 Å². The Morgan fingerprint density at radius 3 is 2.50 bits per heavy atom. The topological polar surface area (TPSA) is 66.5 Å². The predicted molar refractivity (Wildman–Crippen MR) is 74.8 cm³/mol. The van der Waals surface area contributed by atoms with Crippen molar-refractivity contribution in [3.8, 4) is 0 Å². The molecule has 1 saturated heterocycles. The van der Waals surface area contributed by atoms with Crippen LogP contribution in [0, 0.1) is 5.92 Å². The first-order valence-electron chi connectivity index (χ1n) is 5.98. The molecule has 7 heteroatoms. The van der Waals surface area contributed by atoms with Crippen molar-refractivity contribution < 1.29 is 13.2 Å². The molecule has 0 bridgehead atoms. The molecule has 1 rings (SSSR count). The van der Waals surface area contributed by atoms with E-state index in [-0.39, 0.29) is 41.8 Å². The van der Waals surface area contributed by atoms with Crippen molar-refractivity contribution in [2.24, 2.45) is 5.92 Å². The molecule has 1 heterocycles. The standard InChI is InChI=1S/C11H22N2O3S.ClH/c1-9(2)7-17(15,16)8-11(14)13(3)10-4-5-12-6-10;/h9-10,12H,4-8H2,1-3H3;1H. The minimum absolute atomic E-state index is 0. The van der Waals surface area contributed by atoms with Crippen molar-refractivity contribution in [2.45, 2.75) is 26.3 Å². The second kappa shape index (κ2) is 7.31. The fourth-order valence-electron chi connectivity index (χ4n) is 2.03. The first-order chi connectivity index (χ1) is 7.82. The molecule has 0 aromatic carbocycles. The number of nitrogens with one attached hydrogen (secondary N) is 1. The average Bonchev–Trinajstić information content (AvgIpc) is 2.65. The highest BCUT2D eigenvalue weighted by molar-refractivity contribution is 7.92. The van der Waals surface area contributed by atoms with Gasteiger partial charge in [-0.05, 0) is 18.9 Å². The molecule has 1 amide bonds. The number of rotatable bonds is 5. The second-order valence-corrected chi connectivity index (χ2v) is 7.21. The first kappa shape index (κ1) is 17.7. The van der Waals surface area contributed by atoms with Gasteiger partial charge in [0.15, 0.2) is 9.84 Å². The van der Waals surface area contributed by atoms with Gasteiger partial charge in [-0.2, -0.15) is 0 Å². The quantitative estimate of drug-likeness (QED) is 0.793. The Morgan fingerprint density at radius 2 is 2.06 bits per heavy atom. The van der Waals surface area contributed by atoms with E-state index in [2.05, 4.69) is 5.32 Å². The SMILES string of the molecule is CC(C)CS(=O)(=O)CC(=O)N(C)C1CCNC1.Cl. The number of nitrogens with zero attached hydrogens (tertiary/aromatic N) is 1. The molecule has 18 heavy (non-hydrogen) atoms. The third-order valence-electron chi connectivity index (χ3n) is 2.91. The maximum absolute atomic E-state index is 11.8. The number of hydrogen-bond acceptors (Lipinski definition) is 4.